The van der Waals surface area contributed by atoms with E-state index in [0.29, 0.717) is 17.2 Å². The van der Waals surface area contributed by atoms with Crippen LogP contribution < -0.4 is 5.32 Å². The van der Waals surface area contributed by atoms with Crippen molar-refractivity contribution in [3.8, 4) is 6.07 Å². The Bertz CT molecular complexity index is 493. The van der Waals surface area contributed by atoms with E-state index in [1.54, 1.807) is 12.1 Å². The average Bonchev–Trinajstić information content (AvgIpc) is 3.12. The van der Waals surface area contributed by atoms with E-state index >= 15 is 0 Å². The number of rotatable bonds is 3. The van der Waals surface area contributed by atoms with Crippen molar-refractivity contribution in [1.29, 1.82) is 5.26 Å². The zero-order valence-corrected chi connectivity index (χ0v) is 10.0. The van der Waals surface area contributed by atoms with Crippen LogP contribution in [0.3, 0.4) is 0 Å². The molecular formula is C14H15FN2O. The first kappa shape index (κ1) is 11.5. The lowest BCUT2D eigenvalue weighted by Crippen LogP contribution is -2.31. The first-order chi connectivity index (χ1) is 8.78. The maximum absolute atomic E-state index is 13.8. The number of ether oxygens (including phenoxy) is 1. The van der Waals surface area contributed by atoms with Gasteiger partial charge in [-0.15, -0.1) is 0 Å². The number of halogens is 1. The second kappa shape index (κ2) is 4.58. The van der Waals surface area contributed by atoms with Gasteiger partial charge in [-0.1, -0.05) is 0 Å². The zero-order valence-electron chi connectivity index (χ0n) is 10.0. The molecule has 1 aliphatic carbocycles. The highest BCUT2D eigenvalue weighted by Crippen LogP contribution is 2.39. The summed E-state index contributed by atoms with van der Waals surface area (Å²) in [4.78, 5) is 0. The molecule has 4 heteroatoms. The Labute approximate surface area is 106 Å². The first-order valence-corrected chi connectivity index (χ1v) is 6.36. The van der Waals surface area contributed by atoms with Crippen molar-refractivity contribution in [1.82, 2.24) is 0 Å². The zero-order chi connectivity index (χ0) is 12.5. The SMILES string of the molecule is N#Cc1ccc(NC2CCOC2C2CC2)c(F)c1. The van der Waals surface area contributed by atoms with Gasteiger partial charge >= 0.3 is 0 Å². The molecule has 3 rings (SSSR count). The van der Waals surface area contributed by atoms with Gasteiger partial charge in [0.2, 0.25) is 0 Å². The Morgan fingerprint density at radius 1 is 1.33 bits per heavy atom. The van der Waals surface area contributed by atoms with Crippen molar-refractivity contribution in [2.24, 2.45) is 5.92 Å². The maximum Gasteiger partial charge on any atom is 0.147 e. The smallest absolute Gasteiger partial charge is 0.147 e. The highest BCUT2D eigenvalue weighted by Gasteiger charge is 2.40. The third-order valence-electron chi connectivity index (χ3n) is 3.66. The highest BCUT2D eigenvalue weighted by molar-refractivity contribution is 5.49. The normalized spacial score (nSPS) is 26.9. The van der Waals surface area contributed by atoms with Crippen LogP contribution in [0, 0.1) is 23.1 Å². The highest BCUT2D eigenvalue weighted by atomic mass is 19.1. The second-order valence-corrected chi connectivity index (χ2v) is 5.02. The van der Waals surface area contributed by atoms with Crippen LogP contribution in [-0.2, 0) is 4.74 Å². The predicted octanol–water partition coefficient (Wildman–Crippen LogP) is 2.68. The second-order valence-electron chi connectivity index (χ2n) is 5.02. The number of anilines is 1. The van der Waals surface area contributed by atoms with Gasteiger partial charge in [-0.05, 0) is 43.4 Å². The summed E-state index contributed by atoms with van der Waals surface area (Å²) in [6, 6.07) is 6.66. The van der Waals surface area contributed by atoms with E-state index in [1.807, 2.05) is 6.07 Å². The third-order valence-corrected chi connectivity index (χ3v) is 3.66. The molecule has 1 N–H and O–H groups in total. The van der Waals surface area contributed by atoms with Gasteiger partial charge in [0.25, 0.3) is 0 Å². The van der Waals surface area contributed by atoms with E-state index in [1.165, 1.54) is 18.9 Å². The quantitative estimate of drug-likeness (QED) is 0.891. The molecule has 3 nitrogen and oxygen atoms in total. The van der Waals surface area contributed by atoms with Gasteiger partial charge in [-0.25, -0.2) is 4.39 Å². The number of hydrogen-bond donors (Lipinski definition) is 1. The van der Waals surface area contributed by atoms with Crippen molar-refractivity contribution in [2.75, 3.05) is 11.9 Å². The lowest BCUT2D eigenvalue weighted by atomic mass is 10.1. The summed E-state index contributed by atoms with van der Waals surface area (Å²) in [6.07, 6.45) is 3.58. The fourth-order valence-corrected chi connectivity index (χ4v) is 2.56. The molecule has 1 aromatic rings. The Kier molecular flexibility index (Phi) is 2.92. The summed E-state index contributed by atoms with van der Waals surface area (Å²) in [7, 11) is 0. The molecule has 18 heavy (non-hydrogen) atoms. The van der Waals surface area contributed by atoms with Gasteiger partial charge in [0.05, 0.1) is 29.5 Å². The number of nitriles is 1. The number of hydrogen-bond acceptors (Lipinski definition) is 3. The topological polar surface area (TPSA) is 45.0 Å². The van der Waals surface area contributed by atoms with Crippen LogP contribution in [-0.4, -0.2) is 18.8 Å². The van der Waals surface area contributed by atoms with Gasteiger partial charge in [-0.2, -0.15) is 5.26 Å². The molecule has 1 heterocycles. The minimum Gasteiger partial charge on any atom is -0.377 e. The Morgan fingerprint density at radius 2 is 2.17 bits per heavy atom. The van der Waals surface area contributed by atoms with Crippen LogP contribution in [0.25, 0.3) is 0 Å². The summed E-state index contributed by atoms with van der Waals surface area (Å²) in [6.45, 7) is 0.747. The van der Waals surface area contributed by atoms with Crippen LogP contribution in [0.2, 0.25) is 0 Å². The molecule has 2 atom stereocenters. The molecule has 2 fully saturated rings. The molecule has 2 aliphatic rings. The molecule has 1 saturated carbocycles. The minimum atomic E-state index is -0.365. The van der Waals surface area contributed by atoms with Crippen LogP contribution in [0.4, 0.5) is 10.1 Å². The van der Waals surface area contributed by atoms with Crippen LogP contribution in [0.1, 0.15) is 24.8 Å². The van der Waals surface area contributed by atoms with E-state index in [0.717, 1.165) is 13.0 Å². The lowest BCUT2D eigenvalue weighted by molar-refractivity contribution is 0.0898. The Balaban J connectivity index is 1.74. The molecule has 94 valence electrons. The molecule has 1 saturated heterocycles. The first-order valence-electron chi connectivity index (χ1n) is 6.36. The van der Waals surface area contributed by atoms with Crippen molar-refractivity contribution in [2.45, 2.75) is 31.4 Å². The van der Waals surface area contributed by atoms with Gasteiger partial charge in [-0.3, -0.25) is 0 Å². The summed E-state index contributed by atoms with van der Waals surface area (Å²) in [5, 5.41) is 11.9. The van der Waals surface area contributed by atoms with Gasteiger partial charge in [0.1, 0.15) is 5.82 Å². The Hall–Kier alpha value is -1.60. The van der Waals surface area contributed by atoms with E-state index in [4.69, 9.17) is 10.00 Å². The van der Waals surface area contributed by atoms with Crippen LogP contribution in [0.5, 0.6) is 0 Å². The molecule has 0 amide bonds. The average molecular weight is 246 g/mol. The van der Waals surface area contributed by atoms with Crippen LogP contribution in [0.15, 0.2) is 18.2 Å². The van der Waals surface area contributed by atoms with Gasteiger partial charge in [0.15, 0.2) is 0 Å². The summed E-state index contributed by atoms with van der Waals surface area (Å²) in [5.74, 6) is 0.280. The molecule has 1 aliphatic heterocycles. The van der Waals surface area contributed by atoms with Gasteiger partial charge in [0, 0.05) is 6.61 Å². The minimum absolute atomic E-state index is 0.194. The Morgan fingerprint density at radius 3 is 2.83 bits per heavy atom. The number of nitrogens with one attached hydrogen (secondary N) is 1. The fraction of sp³-hybridized carbons (Fsp3) is 0.500. The van der Waals surface area contributed by atoms with E-state index in [-0.39, 0.29) is 18.0 Å². The third kappa shape index (κ3) is 2.19. The fourth-order valence-electron chi connectivity index (χ4n) is 2.56. The van der Waals surface area contributed by atoms with E-state index in [9.17, 15) is 4.39 Å². The van der Waals surface area contributed by atoms with Crippen molar-refractivity contribution in [3.63, 3.8) is 0 Å². The van der Waals surface area contributed by atoms with Crippen molar-refractivity contribution in [3.05, 3.63) is 29.6 Å². The summed E-state index contributed by atoms with van der Waals surface area (Å²) >= 11 is 0. The van der Waals surface area contributed by atoms with E-state index in [2.05, 4.69) is 5.32 Å². The molecule has 0 spiro atoms. The number of benzene rings is 1. The molecule has 0 radical (unpaired) electrons. The molecule has 0 bridgehead atoms. The van der Waals surface area contributed by atoms with Gasteiger partial charge < -0.3 is 10.1 Å². The van der Waals surface area contributed by atoms with Crippen LogP contribution >= 0.6 is 0 Å². The van der Waals surface area contributed by atoms with Crippen molar-refractivity contribution < 1.29 is 9.13 Å². The standard InChI is InChI=1S/C14H15FN2O/c15-11-7-9(8-16)1-4-12(11)17-13-5-6-18-14(13)10-2-3-10/h1,4,7,10,13-14,17H,2-3,5-6H2. The monoisotopic (exact) mass is 246 g/mol. The van der Waals surface area contributed by atoms with E-state index < -0.39 is 0 Å². The molecule has 0 aromatic heterocycles. The van der Waals surface area contributed by atoms with Crippen molar-refractivity contribution >= 4 is 5.69 Å². The molecule has 1 aromatic carbocycles. The molecule has 2 unspecified atom stereocenters. The number of nitrogens with zero attached hydrogens (tertiary/aromatic N) is 1. The summed E-state index contributed by atoms with van der Waals surface area (Å²) in [5.41, 5.74) is 0.814. The molecular weight excluding hydrogens is 231 g/mol. The predicted molar refractivity (Wildman–Crippen MR) is 65.6 cm³/mol. The summed E-state index contributed by atoms with van der Waals surface area (Å²) < 4.78 is 19.5. The maximum atomic E-state index is 13.8. The lowest BCUT2D eigenvalue weighted by Gasteiger charge is -2.20. The largest absolute Gasteiger partial charge is 0.377 e.